The highest BCUT2D eigenvalue weighted by atomic mass is 16.5. The first-order valence-corrected chi connectivity index (χ1v) is 11.2. The van der Waals surface area contributed by atoms with Crippen molar-refractivity contribution in [3.63, 3.8) is 0 Å². The van der Waals surface area contributed by atoms with E-state index >= 15 is 0 Å². The topological polar surface area (TPSA) is 59.2 Å². The Morgan fingerprint density at radius 2 is 1.71 bits per heavy atom. The van der Waals surface area contributed by atoms with Gasteiger partial charge in [0.05, 0.1) is 0 Å². The van der Waals surface area contributed by atoms with Crippen molar-refractivity contribution < 1.29 is 9.32 Å². The quantitative estimate of drug-likeness (QED) is 0.491. The maximum atomic E-state index is 12.6. The van der Waals surface area contributed by atoms with Gasteiger partial charge < -0.3 is 9.42 Å². The minimum absolute atomic E-state index is 0.157. The van der Waals surface area contributed by atoms with Gasteiger partial charge in [0.15, 0.2) is 0 Å². The fraction of sp³-hybridized carbons (Fsp3) is 0.423. The van der Waals surface area contributed by atoms with Gasteiger partial charge in [-0.1, -0.05) is 65.3 Å². The minimum Gasteiger partial charge on any atom is -0.339 e. The van der Waals surface area contributed by atoms with Crippen LogP contribution in [0.25, 0.3) is 0 Å². The van der Waals surface area contributed by atoms with Crippen LogP contribution in [0.1, 0.15) is 64.9 Å². The largest absolute Gasteiger partial charge is 0.339 e. The molecule has 0 saturated heterocycles. The number of carbonyl (C=O) groups is 1. The van der Waals surface area contributed by atoms with Gasteiger partial charge in [-0.15, -0.1) is 0 Å². The molecule has 162 valence electrons. The van der Waals surface area contributed by atoms with E-state index in [0.29, 0.717) is 29.3 Å². The number of hydrogen-bond donors (Lipinski definition) is 0. The van der Waals surface area contributed by atoms with Crippen molar-refractivity contribution in [2.75, 3.05) is 14.1 Å². The van der Waals surface area contributed by atoms with E-state index in [0.717, 1.165) is 24.8 Å². The van der Waals surface area contributed by atoms with E-state index in [9.17, 15) is 4.79 Å². The molecule has 31 heavy (non-hydrogen) atoms. The Kier molecular flexibility index (Phi) is 6.62. The van der Waals surface area contributed by atoms with Gasteiger partial charge in [0.25, 0.3) is 0 Å². The molecule has 1 aromatic heterocycles. The summed E-state index contributed by atoms with van der Waals surface area (Å²) in [5.41, 5.74) is 3.10. The number of aryl methyl sites for hydroxylation is 1. The summed E-state index contributed by atoms with van der Waals surface area (Å²) in [5.74, 6) is 1.72. The van der Waals surface area contributed by atoms with Gasteiger partial charge in [0.1, 0.15) is 0 Å². The van der Waals surface area contributed by atoms with Crippen LogP contribution in [0.3, 0.4) is 0 Å². The molecule has 0 radical (unpaired) electrons. The Balaban J connectivity index is 1.35. The monoisotopic (exact) mass is 417 g/mol. The molecule has 1 atom stereocenters. The summed E-state index contributed by atoms with van der Waals surface area (Å²) in [5, 5.41) is 3.94. The van der Waals surface area contributed by atoms with Crippen LogP contribution in [-0.2, 0) is 6.42 Å². The summed E-state index contributed by atoms with van der Waals surface area (Å²) in [6.45, 7) is 2.00. The van der Waals surface area contributed by atoms with Gasteiger partial charge in [-0.2, -0.15) is 4.98 Å². The second-order valence-electron chi connectivity index (χ2n) is 9.01. The summed E-state index contributed by atoms with van der Waals surface area (Å²) in [6.07, 6.45) is 5.41. The predicted molar refractivity (Wildman–Crippen MR) is 121 cm³/mol. The standard InChI is InChI=1S/C26H31N3O2/c1-18-9-13-22(14-10-18)25(30)26-27-23(31-28-26)17-19-11-15-21(16-12-19)24(29(2)3)20-7-5-4-6-8-20/h4-10,13-14,19,21,24H,11-12,15-17H2,1-3H3. The van der Waals surface area contributed by atoms with Crippen LogP contribution in [0.15, 0.2) is 59.1 Å². The van der Waals surface area contributed by atoms with Crippen molar-refractivity contribution >= 4 is 5.78 Å². The Morgan fingerprint density at radius 1 is 1.03 bits per heavy atom. The fourth-order valence-electron chi connectivity index (χ4n) is 4.86. The highest BCUT2D eigenvalue weighted by Crippen LogP contribution is 2.40. The molecule has 1 saturated carbocycles. The van der Waals surface area contributed by atoms with Crippen molar-refractivity contribution in [1.82, 2.24) is 15.0 Å². The third kappa shape index (κ3) is 5.10. The molecule has 3 aromatic rings. The van der Waals surface area contributed by atoms with E-state index in [1.54, 1.807) is 0 Å². The molecule has 4 rings (SSSR count). The zero-order chi connectivity index (χ0) is 21.8. The van der Waals surface area contributed by atoms with Crippen LogP contribution in [0.5, 0.6) is 0 Å². The van der Waals surface area contributed by atoms with Crippen molar-refractivity contribution in [2.24, 2.45) is 11.8 Å². The SMILES string of the molecule is Cc1ccc(C(=O)c2noc(CC3CCC(C(c4ccccc4)N(C)C)CC3)n2)cc1. The molecule has 0 aliphatic heterocycles. The third-order valence-corrected chi connectivity index (χ3v) is 6.48. The predicted octanol–water partition coefficient (Wildman–Crippen LogP) is 5.26. The molecule has 1 fully saturated rings. The Morgan fingerprint density at radius 3 is 2.35 bits per heavy atom. The zero-order valence-electron chi connectivity index (χ0n) is 18.6. The first-order chi connectivity index (χ1) is 15.0. The number of carbonyl (C=O) groups excluding carboxylic acids is 1. The van der Waals surface area contributed by atoms with Gasteiger partial charge in [-0.3, -0.25) is 4.79 Å². The minimum atomic E-state index is -0.185. The number of aromatic nitrogens is 2. The summed E-state index contributed by atoms with van der Waals surface area (Å²) >= 11 is 0. The van der Waals surface area contributed by atoms with E-state index in [1.807, 2.05) is 31.2 Å². The maximum Gasteiger partial charge on any atom is 0.243 e. The van der Waals surface area contributed by atoms with Crippen LogP contribution in [0, 0.1) is 18.8 Å². The lowest BCUT2D eigenvalue weighted by molar-refractivity contribution is 0.102. The third-order valence-electron chi connectivity index (χ3n) is 6.48. The van der Waals surface area contributed by atoms with Crippen molar-refractivity contribution in [3.05, 3.63) is 83.0 Å². The normalized spacial score (nSPS) is 20.0. The van der Waals surface area contributed by atoms with E-state index in [4.69, 9.17) is 4.52 Å². The molecular formula is C26H31N3O2. The van der Waals surface area contributed by atoms with E-state index in [1.165, 1.54) is 18.4 Å². The van der Waals surface area contributed by atoms with Crippen LogP contribution >= 0.6 is 0 Å². The number of rotatable bonds is 7. The van der Waals surface area contributed by atoms with Crippen molar-refractivity contribution in [1.29, 1.82) is 0 Å². The van der Waals surface area contributed by atoms with Crippen LogP contribution in [0.2, 0.25) is 0 Å². The highest BCUT2D eigenvalue weighted by Gasteiger charge is 2.31. The molecule has 1 aliphatic rings. The van der Waals surface area contributed by atoms with E-state index in [-0.39, 0.29) is 11.6 Å². The molecule has 1 unspecified atom stereocenters. The summed E-state index contributed by atoms with van der Waals surface area (Å²) < 4.78 is 5.43. The number of benzene rings is 2. The first kappa shape index (κ1) is 21.4. The molecular weight excluding hydrogens is 386 g/mol. The molecule has 5 nitrogen and oxygen atoms in total. The molecule has 0 bridgehead atoms. The smallest absolute Gasteiger partial charge is 0.243 e. The molecule has 0 amide bonds. The Labute approximate surface area is 184 Å². The van der Waals surface area contributed by atoms with Crippen molar-refractivity contribution in [2.45, 2.75) is 45.1 Å². The van der Waals surface area contributed by atoms with E-state index < -0.39 is 0 Å². The van der Waals surface area contributed by atoms with Gasteiger partial charge in [-0.05, 0) is 64.1 Å². The lowest BCUT2D eigenvalue weighted by atomic mass is 9.75. The number of ketones is 1. The van der Waals surface area contributed by atoms with E-state index in [2.05, 4.69) is 59.5 Å². The van der Waals surface area contributed by atoms with Gasteiger partial charge in [0.2, 0.25) is 17.5 Å². The van der Waals surface area contributed by atoms with Crippen LogP contribution < -0.4 is 0 Å². The molecule has 5 heteroatoms. The zero-order valence-corrected chi connectivity index (χ0v) is 18.6. The summed E-state index contributed by atoms with van der Waals surface area (Å²) in [7, 11) is 4.35. The van der Waals surface area contributed by atoms with Gasteiger partial charge >= 0.3 is 0 Å². The van der Waals surface area contributed by atoms with Crippen LogP contribution in [-0.4, -0.2) is 34.9 Å². The average Bonchev–Trinajstić information content (AvgIpc) is 3.24. The van der Waals surface area contributed by atoms with Gasteiger partial charge in [-0.25, -0.2) is 0 Å². The van der Waals surface area contributed by atoms with Crippen LogP contribution in [0.4, 0.5) is 0 Å². The second-order valence-corrected chi connectivity index (χ2v) is 9.01. The Bertz CT molecular complexity index is 987. The highest BCUT2D eigenvalue weighted by molar-refractivity contribution is 6.06. The Hall–Kier alpha value is -2.79. The molecule has 2 aromatic carbocycles. The summed E-state index contributed by atoms with van der Waals surface area (Å²) in [4.78, 5) is 19.3. The summed E-state index contributed by atoms with van der Waals surface area (Å²) in [6, 6.07) is 18.7. The van der Waals surface area contributed by atoms with Crippen molar-refractivity contribution in [3.8, 4) is 0 Å². The lowest BCUT2D eigenvalue weighted by Gasteiger charge is -2.37. The number of hydrogen-bond acceptors (Lipinski definition) is 5. The second kappa shape index (κ2) is 9.56. The average molecular weight is 418 g/mol. The molecule has 1 heterocycles. The first-order valence-electron chi connectivity index (χ1n) is 11.2. The van der Waals surface area contributed by atoms with Gasteiger partial charge in [0, 0.05) is 18.0 Å². The maximum absolute atomic E-state index is 12.6. The molecule has 0 N–H and O–H groups in total. The molecule has 0 spiro atoms. The number of nitrogens with zero attached hydrogens (tertiary/aromatic N) is 3. The fourth-order valence-corrected chi connectivity index (χ4v) is 4.86. The molecule has 1 aliphatic carbocycles. The lowest BCUT2D eigenvalue weighted by Crippen LogP contribution is -2.30.